The van der Waals surface area contributed by atoms with Crippen LogP contribution in [-0.2, 0) is 4.79 Å². The number of hydrogen-bond acceptors (Lipinski definition) is 7. The summed E-state index contributed by atoms with van der Waals surface area (Å²) in [6, 6.07) is 2.18. The summed E-state index contributed by atoms with van der Waals surface area (Å²) < 4.78 is 0. The van der Waals surface area contributed by atoms with E-state index in [2.05, 4.69) is 25.4 Å². The Morgan fingerprint density at radius 3 is 3.00 bits per heavy atom. The highest BCUT2D eigenvalue weighted by atomic mass is 16.1. The zero-order chi connectivity index (χ0) is 15.6. The van der Waals surface area contributed by atoms with Gasteiger partial charge in [0.2, 0.25) is 5.95 Å². The van der Waals surface area contributed by atoms with Crippen LogP contribution in [-0.4, -0.2) is 45.4 Å². The van der Waals surface area contributed by atoms with Crippen molar-refractivity contribution in [1.29, 1.82) is 0 Å². The highest BCUT2D eigenvalue weighted by Gasteiger charge is 2.32. The highest BCUT2D eigenvalue weighted by molar-refractivity contribution is 5.79. The monoisotopic (exact) mass is 310 g/mol. The van der Waals surface area contributed by atoms with E-state index in [1.807, 2.05) is 29.6 Å². The van der Waals surface area contributed by atoms with Gasteiger partial charge in [0, 0.05) is 43.7 Å². The van der Waals surface area contributed by atoms with Crippen molar-refractivity contribution in [2.75, 3.05) is 5.32 Å². The molecule has 3 heterocycles. The summed E-state index contributed by atoms with van der Waals surface area (Å²) in [7, 11) is 0. The number of Topliss-reactive ketones (excluding diaryl/α,β-unsaturated/α-hetero) is 1. The minimum Gasteiger partial charge on any atom is -0.351 e. The maximum Gasteiger partial charge on any atom is 0.223 e. The van der Waals surface area contributed by atoms with Gasteiger partial charge in [-0.3, -0.25) is 9.79 Å². The van der Waals surface area contributed by atoms with Crippen molar-refractivity contribution in [3.05, 3.63) is 30.2 Å². The van der Waals surface area contributed by atoms with E-state index < -0.39 is 0 Å². The molecule has 0 amide bonds. The van der Waals surface area contributed by atoms with Gasteiger partial charge in [0.1, 0.15) is 5.78 Å². The van der Waals surface area contributed by atoms with Crippen LogP contribution in [0.5, 0.6) is 0 Å². The summed E-state index contributed by atoms with van der Waals surface area (Å²) in [6.07, 6.45) is 12.1. The summed E-state index contributed by atoms with van der Waals surface area (Å²) in [6.45, 7) is 0. The maximum atomic E-state index is 11.3. The summed E-state index contributed by atoms with van der Waals surface area (Å²) in [5.74, 6) is 0.986. The van der Waals surface area contributed by atoms with Crippen molar-refractivity contribution >= 4 is 24.2 Å². The number of nitrogens with one attached hydrogen (secondary N) is 1. The number of aromatic nitrogens is 2. The van der Waals surface area contributed by atoms with Gasteiger partial charge < -0.3 is 5.32 Å². The van der Waals surface area contributed by atoms with Crippen LogP contribution in [0.3, 0.4) is 0 Å². The topological polar surface area (TPSA) is 82.8 Å². The average Bonchev–Trinajstić information content (AvgIpc) is 3.01. The predicted octanol–water partition coefficient (Wildman–Crippen LogP) is 1.71. The standard InChI is InChI=1S/C16H18N6O/c23-12-4-2-11(3-5-12)20-16-18-8-6-14(21-16)13-10-19-22-9-1-7-17-15(13)22/h1,6-11,13,15H,2-5H2,(H,18,20,21). The van der Waals surface area contributed by atoms with E-state index in [1.54, 1.807) is 12.4 Å². The van der Waals surface area contributed by atoms with Gasteiger partial charge in [-0.05, 0) is 25.0 Å². The minimum absolute atomic E-state index is 0.0210. The number of hydrazone groups is 1. The van der Waals surface area contributed by atoms with E-state index in [0.717, 1.165) is 18.5 Å². The third kappa shape index (κ3) is 2.86. The SMILES string of the molecule is O=C1CCC(Nc2nccc(C3C=NN4C=CC=NC34)n2)CC1. The lowest BCUT2D eigenvalue weighted by Gasteiger charge is -2.24. The second-order valence-electron chi connectivity index (χ2n) is 5.99. The van der Waals surface area contributed by atoms with Crippen LogP contribution in [0.2, 0.25) is 0 Å². The summed E-state index contributed by atoms with van der Waals surface area (Å²) in [5.41, 5.74) is 0.901. The van der Waals surface area contributed by atoms with Crippen LogP contribution < -0.4 is 5.32 Å². The molecule has 1 aliphatic carbocycles. The summed E-state index contributed by atoms with van der Waals surface area (Å²) >= 11 is 0. The molecule has 118 valence electrons. The molecule has 23 heavy (non-hydrogen) atoms. The molecule has 0 aromatic carbocycles. The molecule has 0 spiro atoms. The molecule has 1 N–H and O–H groups in total. The first-order valence-electron chi connectivity index (χ1n) is 7.93. The largest absolute Gasteiger partial charge is 0.351 e. The van der Waals surface area contributed by atoms with E-state index in [9.17, 15) is 4.79 Å². The second-order valence-corrected chi connectivity index (χ2v) is 5.99. The average molecular weight is 310 g/mol. The predicted molar refractivity (Wildman–Crippen MR) is 87.4 cm³/mol. The number of carbonyl (C=O) groups is 1. The van der Waals surface area contributed by atoms with E-state index >= 15 is 0 Å². The first-order valence-corrected chi connectivity index (χ1v) is 7.93. The molecule has 1 saturated carbocycles. The van der Waals surface area contributed by atoms with Crippen LogP contribution in [0.4, 0.5) is 5.95 Å². The zero-order valence-electron chi connectivity index (χ0n) is 12.7. The Bertz CT molecular complexity index is 688. The number of carbonyl (C=O) groups excluding carboxylic acids is 1. The Hall–Kier alpha value is -2.57. The number of rotatable bonds is 3. The summed E-state index contributed by atoms with van der Waals surface area (Å²) in [4.78, 5) is 24.7. The molecule has 2 atom stereocenters. The Labute approximate surface area is 134 Å². The first-order chi connectivity index (χ1) is 11.3. The molecule has 0 bridgehead atoms. The number of ketones is 1. The van der Waals surface area contributed by atoms with Crippen LogP contribution in [0, 0.1) is 0 Å². The number of allylic oxidation sites excluding steroid dienone is 1. The van der Waals surface area contributed by atoms with Crippen LogP contribution in [0.15, 0.2) is 34.6 Å². The van der Waals surface area contributed by atoms with Gasteiger partial charge in [-0.2, -0.15) is 5.10 Å². The fourth-order valence-corrected chi connectivity index (χ4v) is 3.13. The quantitative estimate of drug-likeness (QED) is 0.919. The molecule has 7 nitrogen and oxygen atoms in total. The van der Waals surface area contributed by atoms with Gasteiger partial charge in [0.25, 0.3) is 0 Å². The maximum absolute atomic E-state index is 11.3. The number of anilines is 1. The third-order valence-corrected chi connectivity index (χ3v) is 4.41. The van der Waals surface area contributed by atoms with E-state index in [0.29, 0.717) is 24.6 Å². The molecule has 2 unspecified atom stereocenters. The summed E-state index contributed by atoms with van der Waals surface area (Å²) in [5, 5.41) is 9.55. The molecule has 3 aliphatic rings. The van der Waals surface area contributed by atoms with Crippen molar-refractivity contribution in [2.45, 2.75) is 43.8 Å². The Balaban J connectivity index is 1.48. The van der Waals surface area contributed by atoms with Crippen LogP contribution >= 0.6 is 0 Å². The molecule has 2 aliphatic heterocycles. The Morgan fingerprint density at radius 1 is 1.26 bits per heavy atom. The zero-order valence-corrected chi connectivity index (χ0v) is 12.7. The number of hydrogen-bond donors (Lipinski definition) is 1. The van der Waals surface area contributed by atoms with Crippen molar-refractivity contribution < 1.29 is 4.79 Å². The fraction of sp³-hybridized carbons (Fsp3) is 0.438. The van der Waals surface area contributed by atoms with Crippen molar-refractivity contribution in [3.63, 3.8) is 0 Å². The lowest BCUT2D eigenvalue weighted by atomic mass is 9.94. The van der Waals surface area contributed by atoms with Gasteiger partial charge in [0.15, 0.2) is 6.17 Å². The fourth-order valence-electron chi connectivity index (χ4n) is 3.13. The Morgan fingerprint density at radius 2 is 2.13 bits per heavy atom. The molecular weight excluding hydrogens is 292 g/mol. The molecule has 7 heteroatoms. The van der Waals surface area contributed by atoms with E-state index in [4.69, 9.17) is 0 Å². The van der Waals surface area contributed by atoms with Gasteiger partial charge in [-0.1, -0.05) is 0 Å². The van der Waals surface area contributed by atoms with Crippen LogP contribution in [0.25, 0.3) is 0 Å². The molecule has 1 aromatic rings. The molecular formula is C16H18N6O. The van der Waals surface area contributed by atoms with Gasteiger partial charge >= 0.3 is 0 Å². The smallest absolute Gasteiger partial charge is 0.223 e. The second kappa shape index (κ2) is 5.91. The van der Waals surface area contributed by atoms with E-state index in [1.165, 1.54) is 0 Å². The van der Waals surface area contributed by atoms with Gasteiger partial charge in [-0.25, -0.2) is 15.0 Å². The lowest BCUT2D eigenvalue weighted by Crippen LogP contribution is -2.29. The van der Waals surface area contributed by atoms with Crippen LogP contribution in [0.1, 0.15) is 37.3 Å². The molecule has 1 aromatic heterocycles. The van der Waals surface area contributed by atoms with Crippen molar-refractivity contribution in [3.8, 4) is 0 Å². The van der Waals surface area contributed by atoms with Crippen molar-refractivity contribution in [1.82, 2.24) is 15.0 Å². The third-order valence-electron chi connectivity index (χ3n) is 4.41. The molecule has 0 radical (unpaired) electrons. The lowest BCUT2D eigenvalue weighted by molar-refractivity contribution is -0.120. The molecule has 0 saturated heterocycles. The normalized spacial score (nSPS) is 26.6. The molecule has 1 fully saturated rings. The first kappa shape index (κ1) is 14.0. The molecule has 4 rings (SSSR count). The van der Waals surface area contributed by atoms with Gasteiger partial charge in [0.05, 0.1) is 11.6 Å². The minimum atomic E-state index is -0.0601. The number of aliphatic imine (C=N–C) groups is 1. The highest BCUT2D eigenvalue weighted by Crippen LogP contribution is 2.29. The number of fused-ring (bicyclic) bond motifs is 1. The Kier molecular flexibility index (Phi) is 3.61. The van der Waals surface area contributed by atoms with Gasteiger partial charge in [-0.15, -0.1) is 0 Å². The van der Waals surface area contributed by atoms with E-state index in [-0.39, 0.29) is 18.1 Å². The van der Waals surface area contributed by atoms with Crippen molar-refractivity contribution in [2.24, 2.45) is 10.1 Å². The number of nitrogens with zero attached hydrogens (tertiary/aromatic N) is 5.